The second-order valence-electron chi connectivity index (χ2n) is 3.99. The number of hydrogen-bond donors (Lipinski definition) is 3. The molecule has 107 valence electrons. The maximum Gasteiger partial charge on any atom is 0.305 e. The van der Waals surface area contributed by atoms with E-state index in [-0.39, 0.29) is 13.0 Å². The quantitative estimate of drug-likeness (QED) is 0.644. The third-order valence-electron chi connectivity index (χ3n) is 2.47. The van der Waals surface area contributed by atoms with E-state index in [0.717, 1.165) is 0 Å². The van der Waals surface area contributed by atoms with Gasteiger partial charge in [0.1, 0.15) is 6.04 Å². The molecule has 7 heteroatoms. The highest BCUT2D eigenvalue weighted by Crippen LogP contribution is 2.12. The van der Waals surface area contributed by atoms with Crippen molar-refractivity contribution in [2.24, 2.45) is 0 Å². The normalized spacial score (nSPS) is 11.4. The summed E-state index contributed by atoms with van der Waals surface area (Å²) in [6, 6.07) is 7.38. The molecule has 0 bridgehead atoms. The van der Waals surface area contributed by atoms with Gasteiger partial charge in [0, 0.05) is 6.54 Å². The Hall–Kier alpha value is -2.41. The predicted octanol–water partition coefficient (Wildman–Crippen LogP) is -0.135. The van der Waals surface area contributed by atoms with Crippen LogP contribution in [0.25, 0.3) is 0 Å². The third-order valence-corrected chi connectivity index (χ3v) is 2.47. The van der Waals surface area contributed by atoms with Crippen molar-refractivity contribution < 1.29 is 24.6 Å². The lowest BCUT2D eigenvalue weighted by molar-refractivity contribution is -0.137. The van der Waals surface area contributed by atoms with Crippen molar-refractivity contribution in [1.29, 1.82) is 0 Å². The summed E-state index contributed by atoms with van der Waals surface area (Å²) in [6.07, 6.45) is -0.219. The number of carboxylic acid groups (broad SMARTS) is 1. The van der Waals surface area contributed by atoms with Crippen molar-refractivity contribution >= 4 is 17.8 Å². The highest BCUT2D eigenvalue weighted by Gasteiger charge is 2.22. The van der Waals surface area contributed by atoms with Crippen molar-refractivity contribution in [2.45, 2.75) is 12.5 Å². The van der Waals surface area contributed by atoms with Crippen LogP contribution < -0.4 is 10.6 Å². The zero-order valence-corrected chi connectivity index (χ0v) is 10.7. The molecule has 0 fully saturated rings. The average Bonchev–Trinajstić information content (AvgIpc) is 2.44. The minimum Gasteiger partial charge on any atom is -0.481 e. The summed E-state index contributed by atoms with van der Waals surface area (Å²) in [6.45, 7) is -1.03. The molecule has 0 aliphatic heterocycles. The summed E-state index contributed by atoms with van der Waals surface area (Å²) in [5.74, 6) is -2.39. The molecular formula is C13H15N2O5. The Morgan fingerprint density at radius 1 is 1.15 bits per heavy atom. The van der Waals surface area contributed by atoms with Gasteiger partial charge < -0.3 is 15.7 Å². The molecule has 7 nitrogen and oxygen atoms in total. The van der Waals surface area contributed by atoms with Crippen LogP contribution in [0.15, 0.2) is 30.3 Å². The van der Waals surface area contributed by atoms with Gasteiger partial charge in [-0.25, -0.2) is 5.11 Å². The van der Waals surface area contributed by atoms with E-state index < -0.39 is 30.4 Å². The molecule has 0 aromatic heterocycles. The molecule has 20 heavy (non-hydrogen) atoms. The molecule has 0 saturated carbocycles. The molecule has 0 unspecified atom stereocenters. The van der Waals surface area contributed by atoms with Crippen LogP contribution in [0, 0.1) is 0 Å². The van der Waals surface area contributed by atoms with Crippen molar-refractivity contribution in [3.8, 4) is 0 Å². The standard InChI is InChI=1S/C13H15N2O5/c16-8-10(17)15-12(9-4-2-1-3-5-9)13(20)14-7-6-11(18)19/h1-5,12H,6-8H2,(H,14,20)(H,15,17)(H,18,19)/t12-/m1/s1. The Labute approximate surface area is 115 Å². The molecule has 2 amide bonds. The molecule has 1 rings (SSSR count). The molecule has 0 saturated heterocycles. The summed E-state index contributed by atoms with van der Waals surface area (Å²) in [4.78, 5) is 33.5. The van der Waals surface area contributed by atoms with Crippen LogP contribution in [-0.2, 0) is 19.5 Å². The lowest BCUT2D eigenvalue weighted by Gasteiger charge is -2.18. The van der Waals surface area contributed by atoms with E-state index in [1.807, 2.05) is 0 Å². The monoisotopic (exact) mass is 279 g/mol. The number of hydrogen-bond acceptors (Lipinski definition) is 3. The van der Waals surface area contributed by atoms with E-state index >= 15 is 0 Å². The topological polar surface area (TPSA) is 115 Å². The van der Waals surface area contributed by atoms with Crippen LogP contribution in [0.1, 0.15) is 18.0 Å². The van der Waals surface area contributed by atoms with Gasteiger partial charge in [0.2, 0.25) is 11.8 Å². The summed E-state index contributed by atoms with van der Waals surface area (Å²) in [7, 11) is 0. The molecule has 1 radical (unpaired) electrons. The Bertz CT molecular complexity index is 475. The Morgan fingerprint density at radius 2 is 1.80 bits per heavy atom. The number of aliphatic carboxylic acids is 1. The number of rotatable bonds is 7. The van der Waals surface area contributed by atoms with Crippen LogP contribution in [0.5, 0.6) is 0 Å². The van der Waals surface area contributed by atoms with Gasteiger partial charge in [0.05, 0.1) is 6.42 Å². The fourth-order valence-corrected chi connectivity index (χ4v) is 1.54. The number of carbonyl (C=O) groups excluding carboxylic acids is 2. The van der Waals surface area contributed by atoms with E-state index in [1.54, 1.807) is 30.3 Å². The summed E-state index contributed by atoms with van der Waals surface area (Å²) >= 11 is 0. The predicted molar refractivity (Wildman–Crippen MR) is 68.1 cm³/mol. The summed E-state index contributed by atoms with van der Waals surface area (Å²) < 4.78 is 0. The largest absolute Gasteiger partial charge is 0.481 e. The van der Waals surface area contributed by atoms with Crippen molar-refractivity contribution in [3.05, 3.63) is 35.9 Å². The molecule has 0 heterocycles. The Balaban J connectivity index is 2.74. The second-order valence-corrected chi connectivity index (χ2v) is 3.99. The van der Waals surface area contributed by atoms with E-state index in [9.17, 15) is 19.5 Å². The van der Waals surface area contributed by atoms with Crippen molar-refractivity contribution in [2.75, 3.05) is 13.2 Å². The second kappa shape index (κ2) is 7.90. The van der Waals surface area contributed by atoms with Crippen molar-refractivity contribution in [3.63, 3.8) is 0 Å². The maximum atomic E-state index is 12.0. The van der Waals surface area contributed by atoms with Gasteiger partial charge >= 0.3 is 5.97 Å². The van der Waals surface area contributed by atoms with E-state index in [2.05, 4.69) is 10.6 Å². The molecule has 1 aromatic rings. The first-order valence-corrected chi connectivity index (χ1v) is 5.96. The Morgan fingerprint density at radius 3 is 2.35 bits per heavy atom. The highest BCUT2D eigenvalue weighted by atomic mass is 16.4. The van der Waals surface area contributed by atoms with Gasteiger partial charge in [-0.05, 0) is 5.56 Å². The van der Waals surface area contributed by atoms with E-state index in [1.165, 1.54) is 0 Å². The first-order chi connectivity index (χ1) is 9.54. The van der Waals surface area contributed by atoms with Gasteiger partial charge in [-0.1, -0.05) is 30.3 Å². The molecule has 0 aliphatic rings. The number of benzene rings is 1. The summed E-state index contributed by atoms with van der Waals surface area (Å²) in [5.41, 5.74) is 0.516. The fourth-order valence-electron chi connectivity index (χ4n) is 1.54. The van der Waals surface area contributed by atoms with Gasteiger partial charge in [0.25, 0.3) is 0 Å². The first-order valence-electron chi connectivity index (χ1n) is 5.96. The van der Waals surface area contributed by atoms with Crippen LogP contribution in [0.4, 0.5) is 0 Å². The smallest absolute Gasteiger partial charge is 0.305 e. The zero-order chi connectivity index (χ0) is 15.0. The molecular weight excluding hydrogens is 264 g/mol. The first kappa shape index (κ1) is 15.6. The Kier molecular flexibility index (Phi) is 6.18. The lowest BCUT2D eigenvalue weighted by atomic mass is 10.1. The zero-order valence-electron chi connectivity index (χ0n) is 10.7. The number of carbonyl (C=O) groups is 3. The minimum atomic E-state index is -1.04. The fraction of sp³-hybridized carbons (Fsp3) is 0.308. The molecule has 0 spiro atoms. The number of carboxylic acids is 1. The van der Waals surface area contributed by atoms with E-state index in [0.29, 0.717) is 5.56 Å². The highest BCUT2D eigenvalue weighted by molar-refractivity contribution is 5.89. The SMILES string of the molecule is [O]CC(=O)N[C@@H](C(=O)NCCC(=O)O)c1ccccc1. The molecule has 1 atom stereocenters. The molecule has 0 aliphatic carbocycles. The number of nitrogens with one attached hydrogen (secondary N) is 2. The molecule has 3 N–H and O–H groups in total. The maximum absolute atomic E-state index is 12.0. The third kappa shape index (κ3) is 5.07. The molecule has 1 aromatic carbocycles. The lowest BCUT2D eigenvalue weighted by Crippen LogP contribution is -2.41. The van der Waals surface area contributed by atoms with E-state index in [4.69, 9.17) is 5.11 Å². The van der Waals surface area contributed by atoms with Crippen molar-refractivity contribution in [1.82, 2.24) is 10.6 Å². The average molecular weight is 279 g/mol. The van der Waals surface area contributed by atoms with Crippen LogP contribution in [-0.4, -0.2) is 36.0 Å². The van der Waals surface area contributed by atoms with Gasteiger partial charge in [-0.15, -0.1) is 0 Å². The van der Waals surface area contributed by atoms with Gasteiger partial charge in [-0.3, -0.25) is 14.4 Å². The van der Waals surface area contributed by atoms with Crippen LogP contribution >= 0.6 is 0 Å². The van der Waals surface area contributed by atoms with Gasteiger partial charge in [-0.2, -0.15) is 0 Å². The number of amides is 2. The van der Waals surface area contributed by atoms with Crippen LogP contribution in [0.3, 0.4) is 0 Å². The van der Waals surface area contributed by atoms with Gasteiger partial charge in [0.15, 0.2) is 6.61 Å². The van der Waals surface area contributed by atoms with Crippen LogP contribution in [0.2, 0.25) is 0 Å². The summed E-state index contributed by atoms with van der Waals surface area (Å²) in [5, 5.41) is 23.7. The minimum absolute atomic E-state index is 0.0508.